The molecule has 1 aliphatic heterocycles. The molecule has 0 saturated carbocycles. The van der Waals surface area contributed by atoms with Crippen LogP contribution in [-0.4, -0.2) is 36.5 Å². The Morgan fingerprint density at radius 2 is 1.90 bits per heavy atom. The lowest BCUT2D eigenvalue weighted by molar-refractivity contribution is -0.117. The molecular weight excluding hydrogens is 426 g/mol. The molecule has 9 heteroatoms. The molecule has 2 amide bonds. The maximum atomic E-state index is 13.2. The Labute approximate surface area is 183 Å². The van der Waals surface area contributed by atoms with Crippen LogP contribution in [0.4, 0.5) is 5.69 Å². The summed E-state index contributed by atoms with van der Waals surface area (Å²) in [6.07, 6.45) is 1.67. The molecule has 2 aromatic rings. The lowest BCUT2D eigenvalue weighted by Crippen LogP contribution is -2.33. The van der Waals surface area contributed by atoms with Gasteiger partial charge in [0, 0.05) is 6.07 Å². The number of anilines is 1. The number of amides is 2. The van der Waals surface area contributed by atoms with Crippen LogP contribution in [-0.2, 0) is 9.59 Å². The molecule has 2 aromatic carbocycles. The van der Waals surface area contributed by atoms with Crippen LogP contribution in [0.2, 0.25) is 5.02 Å². The Bertz CT molecular complexity index is 1040. The van der Waals surface area contributed by atoms with Gasteiger partial charge in [-0.2, -0.15) is 0 Å². The van der Waals surface area contributed by atoms with Crippen molar-refractivity contribution in [2.45, 2.75) is 12.2 Å². The predicted molar refractivity (Wildman–Crippen MR) is 120 cm³/mol. The molecule has 2 N–H and O–H groups in total. The Balaban J connectivity index is 2.02. The number of thioether (sulfide) groups is 1. The van der Waals surface area contributed by atoms with Crippen LogP contribution in [0, 0.1) is 0 Å². The van der Waals surface area contributed by atoms with Crippen molar-refractivity contribution in [1.29, 1.82) is 0 Å². The van der Waals surface area contributed by atoms with E-state index in [0.717, 1.165) is 17.3 Å². The fraction of sp³-hybridized carbons (Fsp3) is 0.190. The largest absolute Gasteiger partial charge is 0.497 e. The third kappa shape index (κ3) is 4.60. The van der Waals surface area contributed by atoms with Gasteiger partial charge in [0.25, 0.3) is 5.91 Å². The smallest absolute Gasteiger partial charge is 0.283 e. The molecule has 0 aromatic heterocycles. The third-order valence-corrected chi connectivity index (χ3v) is 5.71. The van der Waals surface area contributed by atoms with Crippen molar-refractivity contribution in [2.75, 3.05) is 19.1 Å². The van der Waals surface area contributed by atoms with Crippen molar-refractivity contribution in [3.63, 3.8) is 0 Å². The van der Waals surface area contributed by atoms with Gasteiger partial charge >= 0.3 is 0 Å². The number of halogens is 1. The molecule has 1 unspecified atom stereocenters. The van der Waals surface area contributed by atoms with E-state index < -0.39 is 11.2 Å². The molecule has 1 atom stereocenters. The zero-order valence-electron chi connectivity index (χ0n) is 16.6. The molecule has 0 bridgehead atoms. The number of primary amides is 1. The van der Waals surface area contributed by atoms with Gasteiger partial charge in [0.05, 0.1) is 30.2 Å². The SMILES string of the molecule is COc1ccc(/C=C2/N=C(SC(C)C(N)=O)N(c3ccc(Cl)c(OC)c3)C2=O)cc1. The molecule has 3 rings (SSSR count). The normalized spacial score (nSPS) is 15.9. The molecule has 156 valence electrons. The number of hydrogen-bond donors (Lipinski definition) is 1. The number of nitrogens with two attached hydrogens (primary N) is 1. The summed E-state index contributed by atoms with van der Waals surface area (Å²) in [5.74, 6) is 0.285. The highest BCUT2D eigenvalue weighted by Crippen LogP contribution is 2.35. The molecular formula is C21H20ClN3O4S. The average molecular weight is 446 g/mol. The Morgan fingerprint density at radius 3 is 2.50 bits per heavy atom. The first-order valence-corrected chi connectivity index (χ1v) is 10.2. The van der Waals surface area contributed by atoms with Gasteiger partial charge < -0.3 is 15.2 Å². The van der Waals surface area contributed by atoms with Crippen LogP contribution < -0.4 is 20.1 Å². The summed E-state index contributed by atoms with van der Waals surface area (Å²) in [6.45, 7) is 1.66. The van der Waals surface area contributed by atoms with Crippen LogP contribution in [0.15, 0.2) is 53.2 Å². The number of nitrogens with zero attached hydrogens (tertiary/aromatic N) is 2. The first kappa shape index (κ1) is 21.7. The number of carbonyl (C=O) groups excluding carboxylic acids is 2. The van der Waals surface area contributed by atoms with Gasteiger partial charge in [-0.25, -0.2) is 4.99 Å². The number of carbonyl (C=O) groups is 2. The van der Waals surface area contributed by atoms with Gasteiger partial charge in [-0.05, 0) is 42.8 Å². The first-order chi connectivity index (χ1) is 14.3. The highest BCUT2D eigenvalue weighted by molar-refractivity contribution is 8.15. The minimum atomic E-state index is -0.575. The number of aliphatic imine (C=N–C) groups is 1. The summed E-state index contributed by atoms with van der Waals surface area (Å²) in [5, 5.41) is 0.183. The summed E-state index contributed by atoms with van der Waals surface area (Å²) in [6, 6.07) is 12.2. The lowest BCUT2D eigenvalue weighted by Gasteiger charge is -2.20. The Kier molecular flexibility index (Phi) is 6.69. The van der Waals surface area contributed by atoms with E-state index in [1.165, 1.54) is 12.0 Å². The second-order valence-electron chi connectivity index (χ2n) is 6.32. The zero-order chi connectivity index (χ0) is 21.8. The van der Waals surface area contributed by atoms with E-state index in [-0.39, 0.29) is 11.6 Å². The van der Waals surface area contributed by atoms with Crippen LogP contribution in [0.1, 0.15) is 12.5 Å². The quantitative estimate of drug-likeness (QED) is 0.684. The van der Waals surface area contributed by atoms with Crippen LogP contribution >= 0.6 is 23.4 Å². The molecule has 0 radical (unpaired) electrons. The van der Waals surface area contributed by atoms with Crippen molar-refractivity contribution in [3.05, 3.63) is 58.7 Å². The molecule has 0 spiro atoms. The van der Waals surface area contributed by atoms with Crippen LogP contribution in [0.3, 0.4) is 0 Å². The topological polar surface area (TPSA) is 94.2 Å². The average Bonchev–Trinajstić information content (AvgIpc) is 3.03. The number of ether oxygens (including phenoxy) is 2. The van der Waals surface area contributed by atoms with Crippen LogP contribution in [0.25, 0.3) is 6.08 Å². The maximum Gasteiger partial charge on any atom is 0.283 e. The van der Waals surface area contributed by atoms with Crippen molar-refractivity contribution < 1.29 is 19.1 Å². The predicted octanol–water partition coefficient (Wildman–Crippen LogP) is 3.71. The Hall–Kier alpha value is -2.97. The van der Waals surface area contributed by atoms with Gasteiger partial charge in [0.2, 0.25) is 5.91 Å². The standard InChI is InChI=1S/C21H20ClN3O4S/c1-12(19(23)26)30-21-24-17(10-13-4-7-15(28-2)8-5-13)20(27)25(21)14-6-9-16(22)18(11-14)29-3/h4-12H,1-3H3,(H2,23,26)/b17-10+. The van der Waals surface area contributed by atoms with Crippen molar-refractivity contribution in [3.8, 4) is 11.5 Å². The molecule has 0 fully saturated rings. The molecule has 1 heterocycles. The summed E-state index contributed by atoms with van der Waals surface area (Å²) >= 11 is 7.22. The minimum absolute atomic E-state index is 0.230. The number of amidine groups is 1. The highest BCUT2D eigenvalue weighted by Gasteiger charge is 2.34. The van der Waals surface area contributed by atoms with Gasteiger partial charge in [-0.3, -0.25) is 14.5 Å². The second kappa shape index (κ2) is 9.23. The zero-order valence-corrected chi connectivity index (χ0v) is 18.2. The van der Waals surface area contributed by atoms with E-state index in [0.29, 0.717) is 27.4 Å². The molecule has 7 nitrogen and oxygen atoms in total. The molecule has 0 saturated heterocycles. The van der Waals surface area contributed by atoms with Gasteiger partial charge in [-0.15, -0.1) is 0 Å². The number of methoxy groups -OCH3 is 2. The van der Waals surface area contributed by atoms with Crippen molar-refractivity contribution in [2.24, 2.45) is 10.7 Å². The van der Waals surface area contributed by atoms with E-state index in [9.17, 15) is 9.59 Å². The Morgan fingerprint density at radius 1 is 1.20 bits per heavy atom. The number of hydrogen-bond acceptors (Lipinski definition) is 6. The number of rotatable bonds is 6. The van der Waals surface area contributed by atoms with Gasteiger partial charge in [0.15, 0.2) is 5.17 Å². The summed E-state index contributed by atoms with van der Waals surface area (Å²) in [7, 11) is 3.07. The summed E-state index contributed by atoms with van der Waals surface area (Å²) < 4.78 is 10.4. The fourth-order valence-corrected chi connectivity index (χ4v) is 3.74. The fourth-order valence-electron chi connectivity index (χ4n) is 2.66. The molecule has 1 aliphatic rings. The van der Waals surface area contributed by atoms with E-state index in [4.69, 9.17) is 26.8 Å². The van der Waals surface area contributed by atoms with Crippen molar-refractivity contribution in [1.82, 2.24) is 0 Å². The van der Waals surface area contributed by atoms with E-state index in [2.05, 4.69) is 4.99 Å². The maximum absolute atomic E-state index is 13.2. The third-order valence-electron chi connectivity index (χ3n) is 4.32. The molecule has 0 aliphatic carbocycles. The highest BCUT2D eigenvalue weighted by atomic mass is 35.5. The monoisotopic (exact) mass is 445 g/mol. The molecule has 30 heavy (non-hydrogen) atoms. The van der Waals surface area contributed by atoms with Crippen LogP contribution in [0.5, 0.6) is 11.5 Å². The number of benzene rings is 2. The van der Waals surface area contributed by atoms with E-state index >= 15 is 0 Å². The van der Waals surface area contributed by atoms with Gasteiger partial charge in [0.1, 0.15) is 17.2 Å². The van der Waals surface area contributed by atoms with Gasteiger partial charge in [-0.1, -0.05) is 35.5 Å². The summed E-state index contributed by atoms with van der Waals surface area (Å²) in [5.41, 5.74) is 6.93. The lowest BCUT2D eigenvalue weighted by atomic mass is 10.2. The summed E-state index contributed by atoms with van der Waals surface area (Å²) in [4.78, 5) is 30.6. The van der Waals surface area contributed by atoms with Crippen molar-refractivity contribution >= 4 is 52.1 Å². The minimum Gasteiger partial charge on any atom is -0.497 e. The first-order valence-electron chi connectivity index (χ1n) is 8.92. The van der Waals surface area contributed by atoms with E-state index in [1.54, 1.807) is 50.4 Å². The second-order valence-corrected chi connectivity index (χ2v) is 8.03. The van der Waals surface area contributed by atoms with E-state index in [1.807, 2.05) is 12.1 Å².